The summed E-state index contributed by atoms with van der Waals surface area (Å²) in [6.07, 6.45) is 0.787. The lowest BCUT2D eigenvalue weighted by atomic mass is 10.3. The zero-order chi connectivity index (χ0) is 14.0. The Morgan fingerprint density at radius 2 is 1.17 bits per heavy atom. The SMILES string of the molecule is O=NN(CCCCN(CC(=O)O)N=O)CC(=O)O. The van der Waals surface area contributed by atoms with Crippen LogP contribution in [0.5, 0.6) is 0 Å². The van der Waals surface area contributed by atoms with Gasteiger partial charge in [-0.15, -0.1) is 9.81 Å². The van der Waals surface area contributed by atoms with Crippen LogP contribution < -0.4 is 0 Å². The van der Waals surface area contributed by atoms with Gasteiger partial charge in [-0.3, -0.25) is 9.59 Å². The highest BCUT2D eigenvalue weighted by molar-refractivity contribution is 5.69. The smallest absolute Gasteiger partial charge is 0.324 e. The van der Waals surface area contributed by atoms with Crippen molar-refractivity contribution in [1.29, 1.82) is 0 Å². The number of hydrogen-bond acceptors (Lipinski definition) is 6. The Labute approximate surface area is 102 Å². The van der Waals surface area contributed by atoms with E-state index >= 15 is 0 Å². The topological polar surface area (TPSA) is 140 Å². The zero-order valence-electron chi connectivity index (χ0n) is 9.56. The van der Waals surface area contributed by atoms with Crippen LogP contribution in [0.3, 0.4) is 0 Å². The lowest BCUT2D eigenvalue weighted by Crippen LogP contribution is -2.28. The molecule has 0 unspecified atom stereocenters. The van der Waals surface area contributed by atoms with Gasteiger partial charge < -0.3 is 10.2 Å². The van der Waals surface area contributed by atoms with Gasteiger partial charge in [0.05, 0.1) is 10.6 Å². The molecule has 0 radical (unpaired) electrons. The van der Waals surface area contributed by atoms with Crippen LogP contribution in [0.4, 0.5) is 0 Å². The molecule has 0 aliphatic heterocycles. The molecular weight excluding hydrogens is 248 g/mol. The van der Waals surface area contributed by atoms with Crippen LogP contribution in [0.15, 0.2) is 10.6 Å². The predicted molar refractivity (Wildman–Crippen MR) is 59.2 cm³/mol. The van der Waals surface area contributed by atoms with E-state index in [1.165, 1.54) is 0 Å². The maximum atomic E-state index is 10.3. The van der Waals surface area contributed by atoms with E-state index < -0.39 is 25.0 Å². The molecule has 0 spiro atoms. The molecule has 0 saturated carbocycles. The fourth-order valence-electron chi connectivity index (χ4n) is 1.20. The van der Waals surface area contributed by atoms with Gasteiger partial charge in [-0.25, -0.2) is 10.0 Å². The summed E-state index contributed by atoms with van der Waals surface area (Å²) in [6.45, 7) is -0.742. The number of nitroso groups, excluding NO2 is 2. The number of carboxylic acid groups (broad SMARTS) is 2. The van der Waals surface area contributed by atoms with Gasteiger partial charge in [-0.2, -0.15) is 0 Å². The number of carbonyl (C=O) groups is 2. The minimum Gasteiger partial charge on any atom is -0.480 e. The normalized spacial score (nSPS) is 9.56. The van der Waals surface area contributed by atoms with Crippen LogP contribution in [0.25, 0.3) is 0 Å². The summed E-state index contributed by atoms with van der Waals surface area (Å²) in [5, 5.41) is 23.6. The van der Waals surface area contributed by atoms with Gasteiger partial charge in [-0.1, -0.05) is 0 Å². The quantitative estimate of drug-likeness (QED) is 0.299. The van der Waals surface area contributed by atoms with E-state index in [1.54, 1.807) is 0 Å². The molecule has 0 aromatic rings. The number of nitrogens with zero attached hydrogens (tertiary/aromatic N) is 4. The van der Waals surface area contributed by atoms with E-state index in [-0.39, 0.29) is 13.1 Å². The fourth-order valence-corrected chi connectivity index (χ4v) is 1.20. The van der Waals surface area contributed by atoms with Gasteiger partial charge in [0.25, 0.3) is 0 Å². The van der Waals surface area contributed by atoms with Gasteiger partial charge in [0.2, 0.25) is 0 Å². The number of rotatable bonds is 11. The molecule has 0 aromatic heterocycles. The van der Waals surface area contributed by atoms with Gasteiger partial charge in [-0.05, 0) is 12.8 Å². The highest BCUT2D eigenvalue weighted by Crippen LogP contribution is 1.99. The average Bonchev–Trinajstić information content (AvgIpc) is 2.30. The first kappa shape index (κ1) is 15.7. The average molecular weight is 262 g/mol. The van der Waals surface area contributed by atoms with Crippen LogP contribution in [0, 0.1) is 9.81 Å². The predicted octanol–water partition coefficient (Wildman–Crippen LogP) is -0.0974. The minimum absolute atomic E-state index is 0.121. The molecule has 0 rings (SSSR count). The Bertz CT molecular complexity index is 280. The minimum atomic E-state index is -1.17. The molecule has 2 N–H and O–H groups in total. The number of unbranched alkanes of at least 4 members (excludes halogenated alkanes) is 1. The van der Waals surface area contributed by atoms with E-state index in [0.29, 0.717) is 12.8 Å². The fraction of sp³-hybridized carbons (Fsp3) is 0.750. The Morgan fingerprint density at radius 3 is 1.39 bits per heavy atom. The number of hydrogen-bond donors (Lipinski definition) is 2. The molecule has 0 aliphatic carbocycles. The van der Waals surface area contributed by atoms with E-state index in [1.807, 2.05) is 0 Å². The first-order valence-corrected chi connectivity index (χ1v) is 5.09. The molecule has 0 saturated heterocycles. The summed E-state index contributed by atoms with van der Waals surface area (Å²) in [4.78, 5) is 41.1. The summed E-state index contributed by atoms with van der Waals surface area (Å²) in [5.41, 5.74) is 0. The largest absolute Gasteiger partial charge is 0.480 e. The summed E-state index contributed by atoms with van der Waals surface area (Å²) < 4.78 is 0. The van der Waals surface area contributed by atoms with E-state index in [2.05, 4.69) is 10.6 Å². The molecule has 10 nitrogen and oxygen atoms in total. The van der Waals surface area contributed by atoms with Crippen molar-refractivity contribution in [2.45, 2.75) is 12.8 Å². The van der Waals surface area contributed by atoms with Crippen molar-refractivity contribution in [3.63, 3.8) is 0 Å². The first-order valence-electron chi connectivity index (χ1n) is 5.09. The highest BCUT2D eigenvalue weighted by Gasteiger charge is 2.10. The standard InChI is InChI=1S/C8H14N4O6/c13-7(14)5-11(9-17)3-1-2-4-12(10-18)6-8(15)16/h1-6H2,(H,13,14)(H,15,16). The molecule has 0 aliphatic rings. The van der Waals surface area contributed by atoms with Crippen molar-refractivity contribution in [3.8, 4) is 0 Å². The lowest BCUT2D eigenvalue weighted by molar-refractivity contribution is -0.139. The third-order valence-corrected chi connectivity index (χ3v) is 1.95. The van der Waals surface area contributed by atoms with Crippen LogP contribution in [0.2, 0.25) is 0 Å². The van der Waals surface area contributed by atoms with Crippen molar-refractivity contribution in [3.05, 3.63) is 9.81 Å². The van der Waals surface area contributed by atoms with Gasteiger partial charge in [0.15, 0.2) is 0 Å². The second-order valence-corrected chi connectivity index (χ2v) is 3.43. The Hall–Kier alpha value is -2.26. The number of aliphatic carboxylic acids is 2. The maximum Gasteiger partial charge on any atom is 0.324 e. The molecule has 0 bridgehead atoms. The van der Waals surface area contributed by atoms with Crippen molar-refractivity contribution in [1.82, 2.24) is 10.0 Å². The zero-order valence-corrected chi connectivity index (χ0v) is 9.56. The van der Waals surface area contributed by atoms with Gasteiger partial charge in [0.1, 0.15) is 13.1 Å². The van der Waals surface area contributed by atoms with Crippen molar-refractivity contribution in [2.75, 3.05) is 26.2 Å². The molecule has 10 heteroatoms. The van der Waals surface area contributed by atoms with Crippen LogP contribution in [-0.4, -0.2) is 58.3 Å². The van der Waals surface area contributed by atoms with E-state index in [9.17, 15) is 19.4 Å². The third kappa shape index (κ3) is 7.96. The molecule has 0 fully saturated rings. The maximum absolute atomic E-state index is 10.3. The van der Waals surface area contributed by atoms with Crippen molar-refractivity contribution in [2.24, 2.45) is 10.6 Å². The summed E-state index contributed by atoms with van der Waals surface area (Å²) in [7, 11) is 0. The second kappa shape index (κ2) is 8.84. The molecule has 102 valence electrons. The Balaban J connectivity index is 3.81. The van der Waals surface area contributed by atoms with Gasteiger partial charge in [0, 0.05) is 13.1 Å². The molecule has 0 aromatic carbocycles. The first-order chi connectivity index (χ1) is 8.49. The molecule has 0 heterocycles. The molecule has 18 heavy (non-hydrogen) atoms. The third-order valence-electron chi connectivity index (χ3n) is 1.95. The van der Waals surface area contributed by atoms with Crippen molar-refractivity contribution < 1.29 is 19.8 Å². The lowest BCUT2D eigenvalue weighted by Gasteiger charge is -2.14. The van der Waals surface area contributed by atoms with Gasteiger partial charge >= 0.3 is 11.9 Å². The summed E-state index contributed by atoms with van der Waals surface area (Å²) in [6, 6.07) is 0. The summed E-state index contributed by atoms with van der Waals surface area (Å²) >= 11 is 0. The highest BCUT2D eigenvalue weighted by atomic mass is 16.4. The molecular formula is C8H14N4O6. The summed E-state index contributed by atoms with van der Waals surface area (Å²) in [5.74, 6) is -2.34. The van der Waals surface area contributed by atoms with Crippen LogP contribution >= 0.6 is 0 Å². The van der Waals surface area contributed by atoms with E-state index in [0.717, 1.165) is 10.0 Å². The monoisotopic (exact) mass is 262 g/mol. The molecule has 0 atom stereocenters. The second-order valence-electron chi connectivity index (χ2n) is 3.43. The van der Waals surface area contributed by atoms with E-state index in [4.69, 9.17) is 10.2 Å². The Morgan fingerprint density at radius 1 is 0.833 bits per heavy atom. The van der Waals surface area contributed by atoms with Crippen LogP contribution in [0.1, 0.15) is 12.8 Å². The van der Waals surface area contributed by atoms with Crippen molar-refractivity contribution >= 4 is 11.9 Å². The molecule has 0 amide bonds. The van der Waals surface area contributed by atoms with Crippen LogP contribution in [-0.2, 0) is 9.59 Å². The Kier molecular flexibility index (Phi) is 7.73. The number of carboxylic acids is 2.